The van der Waals surface area contributed by atoms with Crippen molar-refractivity contribution < 1.29 is 33.3 Å². The van der Waals surface area contributed by atoms with Gasteiger partial charge in [0.1, 0.15) is 7.05 Å². The lowest BCUT2D eigenvalue weighted by molar-refractivity contribution is -0.672. The maximum absolute atomic E-state index is 13.9. The molecule has 4 rings (SSSR count). The average molecular weight is 476 g/mol. The zero-order valence-corrected chi connectivity index (χ0v) is 18.3. The van der Waals surface area contributed by atoms with E-state index in [1.165, 1.54) is 17.5 Å². The minimum atomic E-state index is -0.312. The van der Waals surface area contributed by atoms with Crippen LogP contribution in [0.4, 0.5) is 0 Å². The summed E-state index contributed by atoms with van der Waals surface area (Å²) < 4.78 is 2.09. The van der Waals surface area contributed by atoms with Gasteiger partial charge in [-0.2, -0.15) is 0 Å². The number of carbonyl (C=O) groups excluding carboxylic acids is 1. The van der Waals surface area contributed by atoms with E-state index in [-0.39, 0.29) is 35.4 Å². The molecular formula is C23H29IN2O. The summed E-state index contributed by atoms with van der Waals surface area (Å²) in [6.45, 7) is 0.886. The van der Waals surface area contributed by atoms with E-state index < -0.39 is 0 Å². The zero-order valence-electron chi connectivity index (χ0n) is 16.1. The van der Waals surface area contributed by atoms with Crippen molar-refractivity contribution >= 4 is 5.91 Å². The molecule has 2 aromatic rings. The van der Waals surface area contributed by atoms with Crippen molar-refractivity contribution in [1.29, 1.82) is 0 Å². The van der Waals surface area contributed by atoms with Gasteiger partial charge in [0.2, 0.25) is 5.91 Å². The van der Waals surface area contributed by atoms with Gasteiger partial charge in [-0.25, -0.2) is 4.57 Å². The number of halogens is 1. The van der Waals surface area contributed by atoms with E-state index in [4.69, 9.17) is 0 Å². The van der Waals surface area contributed by atoms with E-state index in [1.54, 1.807) is 0 Å². The summed E-state index contributed by atoms with van der Waals surface area (Å²) >= 11 is 0. The Kier molecular flexibility index (Phi) is 6.56. The number of likely N-dealkylation sites (tertiary alicyclic amines) is 1. The highest BCUT2D eigenvalue weighted by Crippen LogP contribution is 2.45. The molecule has 2 fully saturated rings. The number of hydrogen-bond acceptors (Lipinski definition) is 1. The van der Waals surface area contributed by atoms with Gasteiger partial charge in [0.25, 0.3) is 0 Å². The van der Waals surface area contributed by atoms with Gasteiger partial charge in [-0.1, -0.05) is 43.2 Å². The second kappa shape index (κ2) is 8.72. The number of rotatable bonds is 3. The number of carbonyl (C=O) groups is 1. The van der Waals surface area contributed by atoms with Crippen LogP contribution < -0.4 is 28.5 Å². The largest absolute Gasteiger partial charge is 1.00 e. The third-order valence-electron chi connectivity index (χ3n) is 6.30. The molecule has 1 atom stereocenters. The molecule has 2 aliphatic rings. The summed E-state index contributed by atoms with van der Waals surface area (Å²) in [5, 5.41) is 0. The van der Waals surface area contributed by atoms with E-state index in [9.17, 15) is 4.79 Å². The van der Waals surface area contributed by atoms with Crippen LogP contribution in [0.2, 0.25) is 0 Å². The second-order valence-corrected chi connectivity index (χ2v) is 7.97. The van der Waals surface area contributed by atoms with Crippen molar-refractivity contribution in [3.05, 3.63) is 66.0 Å². The van der Waals surface area contributed by atoms with E-state index in [1.807, 2.05) is 6.07 Å². The molecule has 0 spiro atoms. The number of aryl methyl sites for hydroxylation is 1. The topological polar surface area (TPSA) is 24.2 Å². The first-order valence-corrected chi connectivity index (χ1v) is 10.0. The Morgan fingerprint density at radius 2 is 1.78 bits per heavy atom. The highest BCUT2D eigenvalue weighted by Gasteiger charge is 2.46. The predicted molar refractivity (Wildman–Crippen MR) is 103 cm³/mol. The number of benzene rings is 1. The summed E-state index contributed by atoms with van der Waals surface area (Å²) in [5.41, 5.74) is 2.17. The summed E-state index contributed by atoms with van der Waals surface area (Å²) in [4.78, 5) is 16.1. The van der Waals surface area contributed by atoms with Gasteiger partial charge in [0.05, 0.1) is 11.5 Å². The van der Waals surface area contributed by atoms with Crippen molar-refractivity contribution in [2.45, 2.75) is 56.4 Å². The molecule has 1 saturated carbocycles. The lowest BCUT2D eigenvalue weighted by atomic mass is 9.76. The molecule has 2 heterocycles. The lowest BCUT2D eigenvalue weighted by Crippen LogP contribution is -3.00. The maximum Gasteiger partial charge on any atom is 0.233 e. The quantitative estimate of drug-likeness (QED) is 0.481. The summed E-state index contributed by atoms with van der Waals surface area (Å²) in [7, 11) is 2.06. The fourth-order valence-electron chi connectivity index (χ4n) is 4.97. The molecule has 0 N–H and O–H groups in total. The number of hydrogen-bond donors (Lipinski definition) is 0. The Bertz CT molecular complexity index is 771. The first kappa shape index (κ1) is 20.3. The van der Waals surface area contributed by atoms with Crippen LogP contribution in [0.1, 0.15) is 62.1 Å². The molecule has 3 nitrogen and oxygen atoms in total. The molecule has 1 aromatic carbocycles. The van der Waals surface area contributed by atoms with E-state index >= 15 is 0 Å². The molecule has 144 valence electrons. The number of pyridine rings is 1. The van der Waals surface area contributed by atoms with Gasteiger partial charge in [0, 0.05) is 18.2 Å². The normalized spacial score (nSPS) is 21.5. The third-order valence-corrected chi connectivity index (χ3v) is 6.30. The van der Waals surface area contributed by atoms with Crippen LogP contribution in [-0.4, -0.2) is 17.4 Å². The second-order valence-electron chi connectivity index (χ2n) is 7.97. The van der Waals surface area contributed by atoms with E-state index in [0.717, 1.165) is 45.1 Å². The van der Waals surface area contributed by atoms with Crippen molar-refractivity contribution in [2.24, 2.45) is 7.05 Å². The Hall–Kier alpha value is -1.43. The molecule has 1 unspecified atom stereocenters. The Balaban J connectivity index is 0.00000210. The summed E-state index contributed by atoms with van der Waals surface area (Å²) in [5.74, 6) is 0.359. The smallest absolute Gasteiger partial charge is 0.233 e. The molecule has 27 heavy (non-hydrogen) atoms. The Labute approximate surface area is 179 Å². The van der Waals surface area contributed by atoms with Crippen LogP contribution in [0.15, 0.2) is 54.9 Å². The van der Waals surface area contributed by atoms with E-state index in [2.05, 4.69) is 65.3 Å². The van der Waals surface area contributed by atoms with Gasteiger partial charge in [-0.15, -0.1) is 0 Å². The van der Waals surface area contributed by atoms with Crippen molar-refractivity contribution in [1.82, 2.24) is 4.90 Å². The summed E-state index contributed by atoms with van der Waals surface area (Å²) in [6, 6.07) is 15.0. The fraction of sp³-hybridized carbons (Fsp3) is 0.478. The van der Waals surface area contributed by atoms with Gasteiger partial charge in [-0.05, 0) is 43.7 Å². The zero-order chi connectivity index (χ0) is 18.0. The van der Waals surface area contributed by atoms with Crippen LogP contribution in [0.3, 0.4) is 0 Å². The number of piperidine rings is 1. The minimum Gasteiger partial charge on any atom is -1.00 e. The molecule has 0 radical (unpaired) electrons. The molecule has 1 saturated heterocycles. The highest BCUT2D eigenvalue weighted by atomic mass is 127. The maximum atomic E-state index is 13.9. The van der Waals surface area contributed by atoms with Crippen LogP contribution in [0, 0.1) is 0 Å². The molecule has 1 aliphatic heterocycles. The first-order chi connectivity index (χ1) is 12.7. The minimum absolute atomic E-state index is 0. The molecule has 1 amide bonds. The monoisotopic (exact) mass is 476 g/mol. The standard InChI is InChI=1S/C23H29N2O.HI/c1-24-16-9-10-19(18-24)21-13-5-8-17-25(21)22(26)23(14-6-7-15-23)20-11-3-2-4-12-20;/h2-4,9-12,16,18,21H,5-8,13-15,17H2,1H3;1H/q+1;/p-1. The molecule has 0 bridgehead atoms. The third kappa shape index (κ3) is 3.91. The Morgan fingerprint density at radius 1 is 1.04 bits per heavy atom. The van der Waals surface area contributed by atoms with Crippen LogP contribution in [-0.2, 0) is 17.3 Å². The fourth-order valence-corrected chi connectivity index (χ4v) is 4.97. The Morgan fingerprint density at radius 3 is 2.48 bits per heavy atom. The van der Waals surface area contributed by atoms with Gasteiger partial charge < -0.3 is 28.9 Å². The first-order valence-electron chi connectivity index (χ1n) is 10.0. The van der Waals surface area contributed by atoms with Crippen LogP contribution in [0.25, 0.3) is 0 Å². The highest BCUT2D eigenvalue weighted by molar-refractivity contribution is 5.89. The number of amides is 1. The molecular weight excluding hydrogens is 447 g/mol. The van der Waals surface area contributed by atoms with Crippen molar-refractivity contribution in [2.75, 3.05) is 6.54 Å². The molecule has 1 aromatic heterocycles. The molecule has 4 heteroatoms. The van der Waals surface area contributed by atoms with Gasteiger partial charge in [0.15, 0.2) is 12.4 Å². The van der Waals surface area contributed by atoms with Crippen LogP contribution in [0.5, 0.6) is 0 Å². The lowest BCUT2D eigenvalue weighted by Gasteiger charge is -2.41. The number of nitrogens with zero attached hydrogens (tertiary/aromatic N) is 2. The van der Waals surface area contributed by atoms with E-state index in [0.29, 0.717) is 5.91 Å². The number of aromatic nitrogens is 1. The van der Waals surface area contributed by atoms with Crippen molar-refractivity contribution in [3.8, 4) is 0 Å². The van der Waals surface area contributed by atoms with Crippen LogP contribution >= 0.6 is 0 Å². The van der Waals surface area contributed by atoms with Crippen molar-refractivity contribution in [3.63, 3.8) is 0 Å². The van der Waals surface area contributed by atoms with Gasteiger partial charge >= 0.3 is 0 Å². The average Bonchev–Trinajstić information content (AvgIpc) is 3.19. The predicted octanol–water partition coefficient (Wildman–Crippen LogP) is 1.08. The molecule has 1 aliphatic carbocycles. The summed E-state index contributed by atoms with van der Waals surface area (Å²) in [6.07, 6.45) is 11.9. The van der Waals surface area contributed by atoms with Gasteiger partial charge in [-0.3, -0.25) is 4.79 Å². The SMILES string of the molecule is C[n+]1cccc(C2CCCCN2C(=O)C2(c3ccccc3)CCCC2)c1.[I-].